The van der Waals surface area contributed by atoms with Crippen LogP contribution >= 0.6 is 23.5 Å². The monoisotopic (exact) mass is 425 g/mol. The largest absolute Gasteiger partial charge is 0.309 e. The Morgan fingerprint density at radius 2 is 1.83 bits per heavy atom. The van der Waals surface area contributed by atoms with Crippen molar-refractivity contribution in [3.8, 4) is 12.1 Å². The number of fused-ring (bicyclic) bond motifs is 2. The van der Waals surface area contributed by atoms with E-state index in [1.165, 1.54) is 5.70 Å². The van der Waals surface area contributed by atoms with Gasteiger partial charge in [0.25, 0.3) is 5.84 Å². The van der Waals surface area contributed by atoms with Gasteiger partial charge in [0.1, 0.15) is 11.7 Å². The fourth-order valence-electron chi connectivity index (χ4n) is 5.56. The van der Waals surface area contributed by atoms with Gasteiger partial charge in [-0.1, -0.05) is 67.7 Å². The van der Waals surface area contributed by atoms with Gasteiger partial charge in [-0.15, -0.1) is 0 Å². The Labute approximate surface area is 180 Å². The van der Waals surface area contributed by atoms with Crippen LogP contribution in [0.3, 0.4) is 0 Å². The van der Waals surface area contributed by atoms with E-state index < -0.39 is 15.0 Å². The number of benzene rings is 1. The number of nitrogens with zero attached hydrogens (tertiary/aromatic N) is 2. The molecule has 5 N–H and O–H groups in total. The quantitative estimate of drug-likeness (QED) is 0.618. The van der Waals surface area contributed by atoms with Crippen molar-refractivity contribution in [2.45, 2.75) is 43.4 Å². The number of nitrogens with two attached hydrogens (primary N) is 2. The average molecular weight is 426 g/mol. The van der Waals surface area contributed by atoms with E-state index in [2.05, 4.69) is 48.4 Å². The van der Waals surface area contributed by atoms with Gasteiger partial charge in [0.15, 0.2) is 5.41 Å². The van der Waals surface area contributed by atoms with Crippen molar-refractivity contribution in [2.75, 3.05) is 11.5 Å². The van der Waals surface area contributed by atoms with Crippen molar-refractivity contribution in [1.82, 2.24) is 0 Å². The van der Waals surface area contributed by atoms with Crippen molar-refractivity contribution >= 4 is 29.4 Å². The first-order valence-corrected chi connectivity index (χ1v) is 12.2. The molecular weight excluding hydrogens is 398 g/mol. The second-order valence-electron chi connectivity index (χ2n) is 7.72. The highest BCUT2D eigenvalue weighted by atomic mass is 32.2. The summed E-state index contributed by atoms with van der Waals surface area (Å²) in [7, 11) is 0. The molecule has 1 aromatic rings. The summed E-state index contributed by atoms with van der Waals surface area (Å²) in [5.41, 5.74) is 7.97. The lowest BCUT2D eigenvalue weighted by molar-refractivity contribution is -0.670. The van der Waals surface area contributed by atoms with Crippen LogP contribution in [0.15, 0.2) is 41.6 Å². The number of nitriles is 2. The van der Waals surface area contributed by atoms with E-state index in [-0.39, 0.29) is 6.04 Å². The Balaban J connectivity index is 2.08. The molecule has 2 aliphatic heterocycles. The normalized spacial score (nSPS) is 32.1. The van der Waals surface area contributed by atoms with Crippen molar-refractivity contribution in [1.29, 1.82) is 10.5 Å². The SMILES string of the molecule is CCSC1(SCC)[NH+]=C(N)[C@@]2(C#N)[C@H](c3ccccc3)[NH2+]C3=C(CCC3)[C@]12C#N. The molecule has 0 fully saturated rings. The number of amidine groups is 1. The van der Waals surface area contributed by atoms with Crippen molar-refractivity contribution in [3.63, 3.8) is 0 Å². The zero-order valence-corrected chi connectivity index (χ0v) is 18.5. The zero-order valence-electron chi connectivity index (χ0n) is 16.9. The van der Waals surface area contributed by atoms with Gasteiger partial charge < -0.3 is 5.32 Å². The van der Waals surface area contributed by atoms with Gasteiger partial charge in [0.2, 0.25) is 9.62 Å². The molecule has 0 saturated carbocycles. The van der Waals surface area contributed by atoms with E-state index >= 15 is 0 Å². The van der Waals surface area contributed by atoms with Crippen LogP contribution in [0.5, 0.6) is 0 Å². The Bertz CT molecular complexity index is 952. The summed E-state index contributed by atoms with van der Waals surface area (Å²) in [6.45, 7) is 4.21. The van der Waals surface area contributed by atoms with Crippen LogP contribution < -0.4 is 16.0 Å². The van der Waals surface area contributed by atoms with Crippen molar-refractivity contribution < 1.29 is 10.3 Å². The van der Waals surface area contributed by atoms with Gasteiger partial charge in [0, 0.05) is 17.6 Å². The molecule has 0 amide bonds. The highest BCUT2D eigenvalue weighted by Crippen LogP contribution is 2.66. The number of thioether (sulfide) groups is 2. The summed E-state index contributed by atoms with van der Waals surface area (Å²) in [5.74, 6) is 2.10. The van der Waals surface area contributed by atoms with E-state index in [1.54, 1.807) is 23.5 Å². The lowest BCUT2D eigenvalue weighted by atomic mass is 9.55. The van der Waals surface area contributed by atoms with Gasteiger partial charge in [-0.3, -0.25) is 10.7 Å². The standard InChI is InChI=1S/C22H25N5S2/c1-3-28-22(29-4-2)21(14-24)16-11-8-12-17(16)26-18(15-9-6-5-7-10-15)20(21,13-23)19(25)27-22/h5-7,9-10,18,26H,3-4,8,11-12H2,1-2H3,(H2,25,27)/p+2/t18-,20+,21-/m0/s1. The van der Waals surface area contributed by atoms with Gasteiger partial charge in [-0.2, -0.15) is 10.5 Å². The maximum atomic E-state index is 10.9. The zero-order chi connectivity index (χ0) is 20.7. The minimum Gasteiger partial charge on any atom is -0.309 e. The molecule has 150 valence electrons. The third-order valence-electron chi connectivity index (χ3n) is 6.55. The molecule has 0 bridgehead atoms. The van der Waals surface area contributed by atoms with E-state index in [0.29, 0.717) is 5.84 Å². The van der Waals surface area contributed by atoms with Gasteiger partial charge in [0.05, 0.1) is 12.1 Å². The number of quaternary nitrogens is 1. The maximum absolute atomic E-state index is 10.9. The molecule has 4 rings (SSSR count). The fraction of sp³-hybridized carbons (Fsp3) is 0.500. The highest BCUT2D eigenvalue weighted by molar-refractivity contribution is 8.17. The maximum Gasteiger partial charge on any atom is 0.272 e. The first-order valence-electron chi connectivity index (χ1n) is 10.2. The summed E-state index contributed by atoms with van der Waals surface area (Å²) in [4.78, 5) is 3.53. The Morgan fingerprint density at radius 1 is 1.14 bits per heavy atom. The average Bonchev–Trinajstić information content (AvgIpc) is 3.28. The van der Waals surface area contributed by atoms with Crippen LogP contribution in [0.25, 0.3) is 0 Å². The summed E-state index contributed by atoms with van der Waals surface area (Å²) in [5, 5.41) is 23.8. The Hall–Kier alpha value is -1.93. The van der Waals surface area contributed by atoms with Crippen LogP contribution in [0, 0.1) is 33.5 Å². The smallest absolute Gasteiger partial charge is 0.272 e. The molecule has 5 nitrogen and oxygen atoms in total. The number of nitrogens with one attached hydrogen (secondary N) is 1. The van der Waals surface area contributed by atoms with E-state index in [4.69, 9.17) is 5.73 Å². The van der Waals surface area contributed by atoms with E-state index in [0.717, 1.165) is 41.9 Å². The van der Waals surface area contributed by atoms with E-state index in [9.17, 15) is 10.5 Å². The predicted octanol–water partition coefficient (Wildman–Crippen LogP) is 1.37. The molecule has 1 aliphatic carbocycles. The third kappa shape index (κ3) is 2.42. The van der Waals surface area contributed by atoms with Crippen LogP contribution in [-0.2, 0) is 0 Å². The van der Waals surface area contributed by atoms with Crippen molar-refractivity contribution in [3.05, 3.63) is 47.2 Å². The third-order valence-corrected chi connectivity index (χ3v) is 9.47. The van der Waals surface area contributed by atoms with Gasteiger partial charge in [-0.25, -0.2) is 0 Å². The molecule has 0 spiro atoms. The lowest BCUT2D eigenvalue weighted by Gasteiger charge is -2.47. The van der Waals surface area contributed by atoms with E-state index in [1.807, 2.05) is 18.2 Å². The molecule has 0 saturated heterocycles. The molecule has 0 aromatic heterocycles. The fourth-order valence-corrected chi connectivity index (χ4v) is 8.87. The predicted molar refractivity (Wildman–Crippen MR) is 117 cm³/mol. The molecular formula is C22H27N5S2+2. The number of rotatable bonds is 5. The number of allylic oxidation sites excluding steroid dienone is 1. The molecule has 0 unspecified atom stereocenters. The second kappa shape index (κ2) is 7.40. The molecule has 7 heteroatoms. The summed E-state index contributed by atoms with van der Waals surface area (Å²) >= 11 is 3.43. The van der Waals surface area contributed by atoms with Gasteiger partial charge in [-0.05, 0) is 24.3 Å². The Morgan fingerprint density at radius 3 is 2.41 bits per heavy atom. The first-order chi connectivity index (χ1) is 14.1. The summed E-state index contributed by atoms with van der Waals surface area (Å²) in [6, 6.07) is 15.2. The van der Waals surface area contributed by atoms with Crippen LogP contribution in [0.4, 0.5) is 0 Å². The molecule has 3 atom stereocenters. The van der Waals surface area contributed by atoms with Crippen LogP contribution in [-0.4, -0.2) is 21.5 Å². The summed E-state index contributed by atoms with van der Waals surface area (Å²) in [6.07, 6.45) is 2.85. The molecule has 29 heavy (non-hydrogen) atoms. The molecule has 3 aliphatic rings. The lowest BCUT2D eigenvalue weighted by Crippen LogP contribution is -2.91. The van der Waals surface area contributed by atoms with Crippen molar-refractivity contribution in [2.24, 2.45) is 16.6 Å². The molecule has 2 heterocycles. The molecule has 1 aromatic carbocycles. The number of hydrogen-bond acceptors (Lipinski definition) is 5. The number of hydrogen-bond donors (Lipinski definition) is 3. The minimum atomic E-state index is -1.14. The Kier molecular flexibility index (Phi) is 5.19. The topological polar surface area (TPSA) is 104 Å². The summed E-state index contributed by atoms with van der Waals surface area (Å²) < 4.78 is -0.669. The second-order valence-corrected chi connectivity index (χ2v) is 10.9. The first kappa shape index (κ1) is 20.3. The van der Waals surface area contributed by atoms with Crippen LogP contribution in [0.1, 0.15) is 44.7 Å². The minimum absolute atomic E-state index is 0.255. The highest BCUT2D eigenvalue weighted by Gasteiger charge is 2.82. The van der Waals surface area contributed by atoms with Gasteiger partial charge >= 0.3 is 0 Å². The molecule has 0 radical (unpaired) electrons. The van der Waals surface area contributed by atoms with Crippen LogP contribution in [0.2, 0.25) is 0 Å².